The highest BCUT2D eigenvalue weighted by Gasteiger charge is 2.20. The summed E-state index contributed by atoms with van der Waals surface area (Å²) >= 11 is 0. The van der Waals surface area contributed by atoms with Gasteiger partial charge in [0.1, 0.15) is 12.1 Å². The molecule has 0 spiro atoms. The lowest BCUT2D eigenvalue weighted by molar-refractivity contribution is 0.129. The van der Waals surface area contributed by atoms with E-state index in [-0.39, 0.29) is 0 Å². The van der Waals surface area contributed by atoms with E-state index in [0.29, 0.717) is 23.7 Å². The van der Waals surface area contributed by atoms with Crippen molar-refractivity contribution in [1.29, 1.82) is 10.5 Å². The molecule has 1 aromatic rings. The third kappa shape index (κ3) is 2.45. The molecule has 18 heavy (non-hydrogen) atoms. The summed E-state index contributed by atoms with van der Waals surface area (Å²) in [6, 6.07) is 9.60. The van der Waals surface area contributed by atoms with E-state index in [1.54, 1.807) is 18.2 Å². The maximum absolute atomic E-state index is 9.19. The second-order valence-corrected chi connectivity index (χ2v) is 4.55. The van der Waals surface area contributed by atoms with Crippen molar-refractivity contribution in [3.8, 4) is 12.1 Å². The molecule has 1 fully saturated rings. The van der Waals surface area contributed by atoms with Gasteiger partial charge in [0.2, 0.25) is 0 Å². The molecule has 0 amide bonds. The van der Waals surface area contributed by atoms with E-state index in [2.05, 4.69) is 24.0 Å². The molecule has 1 heterocycles. The van der Waals surface area contributed by atoms with Gasteiger partial charge in [0, 0.05) is 13.1 Å². The Bertz CT molecular complexity index is 481. The van der Waals surface area contributed by atoms with Crippen LogP contribution in [0, 0.1) is 28.6 Å². The zero-order chi connectivity index (χ0) is 13.0. The van der Waals surface area contributed by atoms with Gasteiger partial charge in [-0.25, -0.2) is 0 Å². The summed E-state index contributed by atoms with van der Waals surface area (Å²) < 4.78 is 5.50. The Morgan fingerprint density at radius 1 is 1.28 bits per heavy atom. The maximum Gasteiger partial charge on any atom is 0.101 e. The topological polar surface area (TPSA) is 60.0 Å². The summed E-state index contributed by atoms with van der Waals surface area (Å²) in [7, 11) is 0. The van der Waals surface area contributed by atoms with Crippen LogP contribution in [0.25, 0.3) is 0 Å². The molecule has 1 aromatic carbocycles. The van der Waals surface area contributed by atoms with Crippen LogP contribution in [0.4, 0.5) is 5.69 Å². The average molecular weight is 241 g/mol. The van der Waals surface area contributed by atoms with Crippen molar-refractivity contribution >= 4 is 5.69 Å². The number of anilines is 1. The molecule has 1 saturated heterocycles. The molecular weight excluding hydrogens is 226 g/mol. The van der Waals surface area contributed by atoms with E-state index in [4.69, 9.17) is 4.74 Å². The lowest BCUT2D eigenvalue weighted by atomic mass is 10.1. The van der Waals surface area contributed by atoms with E-state index in [9.17, 15) is 10.5 Å². The van der Waals surface area contributed by atoms with Crippen LogP contribution in [0.1, 0.15) is 18.1 Å². The molecule has 1 unspecified atom stereocenters. The van der Waals surface area contributed by atoms with Crippen molar-refractivity contribution in [2.75, 3.05) is 31.2 Å². The van der Waals surface area contributed by atoms with E-state index in [1.165, 1.54) is 0 Å². The first-order valence-corrected chi connectivity index (χ1v) is 6.02. The van der Waals surface area contributed by atoms with E-state index in [1.807, 2.05) is 0 Å². The normalized spacial score (nSPS) is 19.7. The SMILES string of the molecule is CC1COCCN(c2c(C#N)cccc2C#N)C1. The summed E-state index contributed by atoms with van der Waals surface area (Å²) in [6.07, 6.45) is 0. The fraction of sp³-hybridized carbons (Fsp3) is 0.429. The molecule has 1 atom stereocenters. The molecule has 0 N–H and O–H groups in total. The van der Waals surface area contributed by atoms with Gasteiger partial charge in [0.05, 0.1) is 30.0 Å². The van der Waals surface area contributed by atoms with Crippen molar-refractivity contribution in [2.45, 2.75) is 6.92 Å². The summed E-state index contributed by atoms with van der Waals surface area (Å²) in [5.41, 5.74) is 1.87. The Morgan fingerprint density at radius 2 is 1.94 bits per heavy atom. The Morgan fingerprint density at radius 3 is 2.56 bits per heavy atom. The summed E-state index contributed by atoms with van der Waals surface area (Å²) in [5.74, 6) is 0.394. The monoisotopic (exact) mass is 241 g/mol. The number of hydrogen-bond donors (Lipinski definition) is 0. The average Bonchev–Trinajstić information content (AvgIpc) is 2.62. The molecule has 0 bridgehead atoms. The van der Waals surface area contributed by atoms with E-state index >= 15 is 0 Å². The van der Waals surface area contributed by atoms with Crippen LogP contribution in [-0.2, 0) is 4.74 Å². The zero-order valence-electron chi connectivity index (χ0n) is 10.4. The molecule has 1 aliphatic rings. The Kier molecular flexibility index (Phi) is 3.82. The number of para-hydroxylation sites is 1. The Balaban J connectivity index is 2.43. The molecular formula is C14H15N3O. The van der Waals surface area contributed by atoms with Gasteiger partial charge in [-0.15, -0.1) is 0 Å². The van der Waals surface area contributed by atoms with Gasteiger partial charge in [0.25, 0.3) is 0 Å². The fourth-order valence-electron chi connectivity index (χ4n) is 2.25. The molecule has 1 aliphatic heterocycles. The van der Waals surface area contributed by atoms with Gasteiger partial charge in [-0.05, 0) is 18.1 Å². The van der Waals surface area contributed by atoms with Gasteiger partial charge in [0.15, 0.2) is 0 Å². The van der Waals surface area contributed by atoms with Gasteiger partial charge in [-0.1, -0.05) is 13.0 Å². The molecule has 4 heteroatoms. The number of ether oxygens (including phenoxy) is 1. The summed E-state index contributed by atoms with van der Waals surface area (Å²) in [4.78, 5) is 2.09. The molecule has 2 rings (SSSR count). The molecule has 0 radical (unpaired) electrons. The number of nitrogens with zero attached hydrogens (tertiary/aromatic N) is 3. The van der Waals surface area contributed by atoms with Crippen molar-refractivity contribution in [3.63, 3.8) is 0 Å². The van der Waals surface area contributed by atoms with E-state index < -0.39 is 0 Å². The van der Waals surface area contributed by atoms with Crippen LogP contribution >= 0.6 is 0 Å². The van der Waals surface area contributed by atoms with Crippen molar-refractivity contribution in [2.24, 2.45) is 5.92 Å². The van der Waals surface area contributed by atoms with Crippen LogP contribution in [0.3, 0.4) is 0 Å². The Hall–Kier alpha value is -2.04. The quantitative estimate of drug-likeness (QED) is 0.753. The van der Waals surface area contributed by atoms with Crippen molar-refractivity contribution < 1.29 is 4.74 Å². The lowest BCUT2D eigenvalue weighted by Gasteiger charge is -2.25. The first-order valence-electron chi connectivity index (χ1n) is 6.02. The minimum absolute atomic E-state index is 0.394. The standard InChI is InChI=1S/C14H15N3O/c1-11-9-17(5-6-18-10-11)14-12(7-15)3-2-4-13(14)8-16/h2-4,11H,5-6,9-10H2,1H3. The molecule has 4 nitrogen and oxygen atoms in total. The third-order valence-corrected chi connectivity index (χ3v) is 3.03. The third-order valence-electron chi connectivity index (χ3n) is 3.03. The predicted octanol–water partition coefficient (Wildman–Crippen LogP) is 1.90. The maximum atomic E-state index is 9.19. The molecule has 92 valence electrons. The Labute approximate surface area is 107 Å². The largest absolute Gasteiger partial charge is 0.379 e. The van der Waals surface area contributed by atoms with Crippen LogP contribution in [0.2, 0.25) is 0 Å². The second kappa shape index (κ2) is 5.53. The van der Waals surface area contributed by atoms with Gasteiger partial charge in [-0.2, -0.15) is 10.5 Å². The number of nitriles is 2. The van der Waals surface area contributed by atoms with Gasteiger partial charge >= 0.3 is 0 Å². The highest BCUT2D eigenvalue weighted by molar-refractivity contribution is 5.68. The second-order valence-electron chi connectivity index (χ2n) is 4.55. The van der Waals surface area contributed by atoms with Gasteiger partial charge < -0.3 is 9.64 Å². The summed E-state index contributed by atoms with van der Waals surface area (Å²) in [6.45, 7) is 5.01. The first-order chi connectivity index (χ1) is 8.76. The smallest absolute Gasteiger partial charge is 0.101 e. The highest BCUT2D eigenvalue weighted by atomic mass is 16.5. The fourth-order valence-corrected chi connectivity index (χ4v) is 2.25. The van der Waals surface area contributed by atoms with Crippen LogP contribution in [0.15, 0.2) is 18.2 Å². The predicted molar refractivity (Wildman–Crippen MR) is 68.1 cm³/mol. The van der Waals surface area contributed by atoms with Crippen LogP contribution in [0.5, 0.6) is 0 Å². The first kappa shape index (κ1) is 12.4. The number of hydrogen-bond acceptors (Lipinski definition) is 4. The van der Waals surface area contributed by atoms with Crippen molar-refractivity contribution in [3.05, 3.63) is 29.3 Å². The minimum atomic E-state index is 0.394. The molecule has 0 aliphatic carbocycles. The highest BCUT2D eigenvalue weighted by Crippen LogP contribution is 2.26. The zero-order valence-corrected chi connectivity index (χ0v) is 10.4. The number of rotatable bonds is 1. The van der Waals surface area contributed by atoms with Crippen LogP contribution in [-0.4, -0.2) is 26.3 Å². The molecule has 0 saturated carbocycles. The van der Waals surface area contributed by atoms with Crippen molar-refractivity contribution in [1.82, 2.24) is 0 Å². The van der Waals surface area contributed by atoms with Gasteiger partial charge in [-0.3, -0.25) is 0 Å². The number of benzene rings is 1. The minimum Gasteiger partial charge on any atom is -0.379 e. The lowest BCUT2D eigenvalue weighted by Crippen LogP contribution is -2.30. The van der Waals surface area contributed by atoms with Crippen LogP contribution < -0.4 is 4.90 Å². The summed E-state index contributed by atoms with van der Waals surface area (Å²) in [5, 5.41) is 18.4. The van der Waals surface area contributed by atoms with E-state index in [0.717, 1.165) is 25.4 Å². The molecule has 0 aromatic heterocycles.